The number of methoxy groups -OCH3 is 1. The van der Waals surface area contributed by atoms with Crippen LogP contribution in [0.15, 0.2) is 54.9 Å². The third-order valence-electron chi connectivity index (χ3n) is 5.01. The molecule has 0 aliphatic heterocycles. The van der Waals surface area contributed by atoms with Crippen LogP contribution >= 0.6 is 22.9 Å². The van der Waals surface area contributed by atoms with E-state index in [1.54, 1.807) is 36.7 Å². The summed E-state index contributed by atoms with van der Waals surface area (Å²) in [5.74, 6) is -0.179. The molecule has 3 aromatic heterocycles. The Labute approximate surface area is 198 Å². The van der Waals surface area contributed by atoms with Crippen molar-refractivity contribution in [1.82, 2.24) is 9.38 Å². The number of fused-ring (bicyclic) bond motifs is 1. The number of nitrogens with one attached hydrogen (secondary N) is 1. The first-order chi connectivity index (χ1) is 15.9. The number of nitrogens with two attached hydrogens (primary N) is 1. The molecule has 2 amide bonds. The van der Waals surface area contributed by atoms with Crippen molar-refractivity contribution in [2.45, 2.75) is 19.4 Å². The zero-order chi connectivity index (χ0) is 23.5. The van der Waals surface area contributed by atoms with Crippen LogP contribution in [-0.4, -0.2) is 28.5 Å². The fourth-order valence-corrected chi connectivity index (χ4v) is 4.63. The first-order valence-electron chi connectivity index (χ1n) is 10.1. The predicted molar refractivity (Wildman–Crippen MR) is 128 cm³/mol. The number of imidazole rings is 1. The van der Waals surface area contributed by atoms with Gasteiger partial charge >= 0.3 is 6.09 Å². The fraction of sp³-hybridized carbons (Fsp3) is 0.174. The minimum atomic E-state index is -0.575. The monoisotopic (exact) mass is 484 g/mol. The minimum absolute atomic E-state index is 0.314. The molecule has 8 nitrogen and oxygen atoms in total. The highest BCUT2D eigenvalue weighted by Gasteiger charge is 2.22. The Morgan fingerprint density at radius 1 is 1.27 bits per heavy atom. The zero-order valence-corrected chi connectivity index (χ0v) is 19.4. The number of primary amides is 1. The van der Waals surface area contributed by atoms with Crippen LogP contribution in [0.5, 0.6) is 5.75 Å². The number of ether oxygens (including phenoxy) is 2. The summed E-state index contributed by atoms with van der Waals surface area (Å²) in [6.45, 7) is 1.98. The van der Waals surface area contributed by atoms with E-state index in [0.717, 1.165) is 16.1 Å². The van der Waals surface area contributed by atoms with Gasteiger partial charge in [0.25, 0.3) is 5.91 Å². The summed E-state index contributed by atoms with van der Waals surface area (Å²) >= 11 is 7.58. The van der Waals surface area contributed by atoms with E-state index in [1.807, 2.05) is 29.5 Å². The third kappa shape index (κ3) is 4.64. The number of rotatable bonds is 7. The van der Waals surface area contributed by atoms with Gasteiger partial charge in [-0.25, -0.2) is 9.78 Å². The topological polar surface area (TPSA) is 108 Å². The Morgan fingerprint density at radius 2 is 2.06 bits per heavy atom. The van der Waals surface area contributed by atoms with E-state index >= 15 is 0 Å². The lowest BCUT2D eigenvalue weighted by molar-refractivity contribution is 0.0997. The van der Waals surface area contributed by atoms with Crippen LogP contribution in [0, 0.1) is 0 Å². The fourth-order valence-electron chi connectivity index (χ4n) is 3.43. The highest BCUT2D eigenvalue weighted by molar-refractivity contribution is 7.17. The molecule has 0 aliphatic carbocycles. The highest BCUT2D eigenvalue weighted by atomic mass is 35.5. The number of thiophene rings is 1. The van der Waals surface area contributed by atoms with Gasteiger partial charge in [-0.3, -0.25) is 14.5 Å². The summed E-state index contributed by atoms with van der Waals surface area (Å²) in [6.07, 6.45) is 3.20. The Bertz CT molecular complexity index is 1330. The maximum absolute atomic E-state index is 12.2. The molecule has 3 heterocycles. The SMILES string of the molecule is CCC(Oc1cc(-c2cnc3cc(NC(=O)OC)ccn23)sc1C(N)=O)c1ccccc1Cl. The number of anilines is 1. The van der Waals surface area contributed by atoms with Crippen molar-refractivity contribution in [3.05, 3.63) is 70.3 Å². The zero-order valence-electron chi connectivity index (χ0n) is 17.9. The van der Waals surface area contributed by atoms with Gasteiger partial charge in [0.05, 0.1) is 23.9 Å². The largest absolute Gasteiger partial charge is 0.484 e. The summed E-state index contributed by atoms with van der Waals surface area (Å²) in [5.41, 5.74) is 8.40. The second-order valence-electron chi connectivity index (χ2n) is 7.11. The lowest BCUT2D eigenvalue weighted by atomic mass is 10.1. The summed E-state index contributed by atoms with van der Waals surface area (Å²) < 4.78 is 12.7. The molecule has 0 bridgehead atoms. The molecule has 10 heteroatoms. The van der Waals surface area contributed by atoms with Gasteiger partial charge < -0.3 is 15.2 Å². The Hall–Kier alpha value is -3.56. The first kappa shape index (κ1) is 22.6. The van der Waals surface area contributed by atoms with Gasteiger partial charge in [0.2, 0.25) is 0 Å². The summed E-state index contributed by atoms with van der Waals surface area (Å²) in [5, 5.41) is 3.20. The molecule has 4 rings (SSSR count). The summed E-state index contributed by atoms with van der Waals surface area (Å²) in [7, 11) is 1.29. The van der Waals surface area contributed by atoms with Crippen molar-refractivity contribution in [2.24, 2.45) is 5.73 Å². The van der Waals surface area contributed by atoms with Gasteiger partial charge in [-0.2, -0.15) is 0 Å². The average Bonchev–Trinajstić information content (AvgIpc) is 3.41. The minimum Gasteiger partial charge on any atom is -0.484 e. The molecule has 0 fully saturated rings. The normalized spacial score (nSPS) is 11.8. The Balaban J connectivity index is 1.69. The molecule has 33 heavy (non-hydrogen) atoms. The van der Waals surface area contributed by atoms with Gasteiger partial charge in [-0.05, 0) is 18.6 Å². The van der Waals surface area contributed by atoms with Gasteiger partial charge in [0, 0.05) is 34.6 Å². The van der Waals surface area contributed by atoms with E-state index in [9.17, 15) is 9.59 Å². The van der Waals surface area contributed by atoms with E-state index in [-0.39, 0.29) is 6.10 Å². The predicted octanol–water partition coefficient (Wildman–Crippen LogP) is 5.52. The number of benzene rings is 1. The maximum atomic E-state index is 12.2. The van der Waals surface area contributed by atoms with Crippen LogP contribution in [0.25, 0.3) is 16.2 Å². The maximum Gasteiger partial charge on any atom is 0.411 e. The number of halogens is 1. The lowest BCUT2D eigenvalue weighted by Gasteiger charge is -2.19. The van der Waals surface area contributed by atoms with E-state index in [0.29, 0.717) is 33.4 Å². The van der Waals surface area contributed by atoms with Gasteiger partial charge in [-0.15, -0.1) is 11.3 Å². The molecule has 0 radical (unpaired) electrons. The third-order valence-corrected chi connectivity index (χ3v) is 6.51. The van der Waals surface area contributed by atoms with Crippen LogP contribution in [-0.2, 0) is 4.74 Å². The van der Waals surface area contributed by atoms with E-state index in [4.69, 9.17) is 22.1 Å². The second kappa shape index (κ2) is 9.51. The molecular formula is C23H21ClN4O4S. The van der Waals surface area contributed by atoms with E-state index in [2.05, 4.69) is 15.0 Å². The van der Waals surface area contributed by atoms with Crippen LogP contribution in [0.1, 0.15) is 34.7 Å². The second-order valence-corrected chi connectivity index (χ2v) is 8.57. The average molecular weight is 485 g/mol. The van der Waals surface area contributed by atoms with E-state index in [1.165, 1.54) is 18.4 Å². The van der Waals surface area contributed by atoms with Crippen molar-refractivity contribution in [3.63, 3.8) is 0 Å². The molecule has 0 spiro atoms. The van der Waals surface area contributed by atoms with Gasteiger partial charge in [0.15, 0.2) is 0 Å². The van der Waals surface area contributed by atoms with Crippen molar-refractivity contribution >= 4 is 46.3 Å². The first-order valence-corrected chi connectivity index (χ1v) is 11.3. The molecule has 3 N–H and O–H groups in total. The number of nitrogens with zero attached hydrogens (tertiary/aromatic N) is 2. The Morgan fingerprint density at radius 3 is 2.76 bits per heavy atom. The molecule has 0 aliphatic rings. The smallest absolute Gasteiger partial charge is 0.411 e. The van der Waals surface area contributed by atoms with Crippen molar-refractivity contribution in [3.8, 4) is 16.3 Å². The number of amides is 2. The van der Waals surface area contributed by atoms with Crippen LogP contribution in [0.3, 0.4) is 0 Å². The van der Waals surface area contributed by atoms with Gasteiger partial charge in [0.1, 0.15) is 22.4 Å². The van der Waals surface area contributed by atoms with Gasteiger partial charge in [-0.1, -0.05) is 36.7 Å². The quantitative estimate of drug-likeness (QED) is 0.359. The molecule has 0 saturated carbocycles. The highest BCUT2D eigenvalue weighted by Crippen LogP contribution is 2.39. The molecule has 0 saturated heterocycles. The van der Waals surface area contributed by atoms with E-state index < -0.39 is 12.0 Å². The summed E-state index contributed by atoms with van der Waals surface area (Å²) in [4.78, 5) is 29.1. The Kier molecular flexibility index (Phi) is 6.52. The molecule has 1 unspecified atom stereocenters. The molecule has 4 aromatic rings. The number of carbonyl (C=O) groups excluding carboxylic acids is 2. The van der Waals surface area contributed by atoms with Crippen LogP contribution in [0.2, 0.25) is 5.02 Å². The standard InChI is InChI=1S/C23H21ClN4O4S/c1-3-17(14-6-4-5-7-15(14)24)32-18-11-19(33-21(18)22(25)29)16-12-26-20-10-13(8-9-28(16)20)27-23(30)31-2/h4-12,17H,3H2,1-2H3,(H2,25,29)(H,27,30). The number of pyridine rings is 1. The lowest BCUT2D eigenvalue weighted by Crippen LogP contribution is -2.13. The van der Waals surface area contributed by atoms with Crippen molar-refractivity contribution < 1.29 is 19.1 Å². The summed E-state index contributed by atoms with van der Waals surface area (Å²) in [6, 6.07) is 12.7. The molecule has 1 atom stereocenters. The number of hydrogen-bond donors (Lipinski definition) is 2. The number of aromatic nitrogens is 2. The molecule has 170 valence electrons. The van der Waals surface area contributed by atoms with Crippen molar-refractivity contribution in [1.29, 1.82) is 0 Å². The molecule has 1 aromatic carbocycles. The van der Waals surface area contributed by atoms with Crippen LogP contribution < -0.4 is 15.8 Å². The number of hydrogen-bond acceptors (Lipinski definition) is 6. The van der Waals surface area contributed by atoms with Crippen molar-refractivity contribution in [2.75, 3.05) is 12.4 Å². The molecular weight excluding hydrogens is 464 g/mol. The van der Waals surface area contributed by atoms with Crippen LogP contribution in [0.4, 0.5) is 10.5 Å². The number of carbonyl (C=O) groups is 2.